The Balaban J connectivity index is 2.13. The average Bonchev–Trinajstić information content (AvgIpc) is 2.51. The third kappa shape index (κ3) is 4.73. The lowest BCUT2D eigenvalue weighted by Gasteiger charge is -2.08. The summed E-state index contributed by atoms with van der Waals surface area (Å²) in [5.74, 6) is 0.217. The number of carboxylic acid groups (broad SMARTS) is 1. The first-order valence-corrected chi connectivity index (χ1v) is 7.02. The molecule has 0 fully saturated rings. The van der Waals surface area contributed by atoms with E-state index in [9.17, 15) is 14.9 Å². The van der Waals surface area contributed by atoms with Gasteiger partial charge in [-0.1, -0.05) is 0 Å². The van der Waals surface area contributed by atoms with Crippen molar-refractivity contribution in [1.82, 2.24) is 9.97 Å². The van der Waals surface area contributed by atoms with Crippen molar-refractivity contribution in [2.24, 2.45) is 0 Å². The summed E-state index contributed by atoms with van der Waals surface area (Å²) in [7, 11) is 0. The first kappa shape index (κ1) is 16.3. The van der Waals surface area contributed by atoms with E-state index in [0.717, 1.165) is 5.69 Å². The predicted molar refractivity (Wildman–Crippen MR) is 84.2 cm³/mol. The fourth-order valence-corrected chi connectivity index (χ4v) is 1.98. The van der Waals surface area contributed by atoms with E-state index in [-0.39, 0.29) is 12.1 Å². The van der Waals surface area contributed by atoms with Gasteiger partial charge in [0.15, 0.2) is 5.82 Å². The Kier molecular flexibility index (Phi) is 5.19. The van der Waals surface area contributed by atoms with Crippen LogP contribution in [0.2, 0.25) is 0 Å². The number of hydrogen-bond acceptors (Lipinski definition) is 6. The summed E-state index contributed by atoms with van der Waals surface area (Å²) in [6, 6.07) is 7.76. The molecular formula is C15H16N4O4. The van der Waals surface area contributed by atoms with Gasteiger partial charge in [-0.05, 0) is 25.5 Å². The zero-order chi connectivity index (χ0) is 16.8. The van der Waals surface area contributed by atoms with Crippen LogP contribution in [0.3, 0.4) is 0 Å². The number of benzene rings is 1. The minimum Gasteiger partial charge on any atom is -0.481 e. The quantitative estimate of drug-likeness (QED) is 0.458. The third-order valence-corrected chi connectivity index (χ3v) is 3.06. The van der Waals surface area contributed by atoms with Crippen LogP contribution in [0.1, 0.15) is 18.5 Å². The summed E-state index contributed by atoms with van der Waals surface area (Å²) in [6.07, 6.45) is 0.581. The highest BCUT2D eigenvalue weighted by Gasteiger charge is 2.09. The van der Waals surface area contributed by atoms with Crippen molar-refractivity contribution in [3.05, 3.63) is 46.1 Å². The molecule has 0 saturated heterocycles. The Hall–Kier alpha value is -3.03. The van der Waals surface area contributed by atoms with Crippen molar-refractivity contribution < 1.29 is 14.8 Å². The maximum Gasteiger partial charge on any atom is 0.303 e. The Morgan fingerprint density at radius 1 is 1.30 bits per heavy atom. The summed E-state index contributed by atoms with van der Waals surface area (Å²) < 4.78 is 0. The van der Waals surface area contributed by atoms with Crippen LogP contribution in [0.4, 0.5) is 11.5 Å². The summed E-state index contributed by atoms with van der Waals surface area (Å²) in [6.45, 7) is 2.31. The van der Waals surface area contributed by atoms with E-state index in [2.05, 4.69) is 15.3 Å². The summed E-state index contributed by atoms with van der Waals surface area (Å²) >= 11 is 0. The fraction of sp³-hybridized carbons (Fsp3) is 0.267. The number of nitro benzene ring substituents is 1. The van der Waals surface area contributed by atoms with Gasteiger partial charge in [0, 0.05) is 42.4 Å². The van der Waals surface area contributed by atoms with Crippen LogP contribution in [0.25, 0.3) is 11.4 Å². The zero-order valence-corrected chi connectivity index (χ0v) is 12.5. The highest BCUT2D eigenvalue weighted by atomic mass is 16.6. The third-order valence-electron chi connectivity index (χ3n) is 3.06. The Bertz CT molecular complexity index is 716. The molecule has 23 heavy (non-hydrogen) atoms. The molecule has 0 unspecified atom stereocenters. The number of hydrogen-bond donors (Lipinski definition) is 2. The van der Waals surface area contributed by atoms with Gasteiger partial charge in [0.1, 0.15) is 5.82 Å². The summed E-state index contributed by atoms with van der Waals surface area (Å²) in [5.41, 5.74) is 1.43. The zero-order valence-electron chi connectivity index (χ0n) is 12.5. The van der Waals surface area contributed by atoms with Crippen LogP contribution in [0.15, 0.2) is 30.3 Å². The van der Waals surface area contributed by atoms with Crippen molar-refractivity contribution in [2.45, 2.75) is 19.8 Å². The van der Waals surface area contributed by atoms with E-state index in [4.69, 9.17) is 5.11 Å². The number of aromatic nitrogens is 2. The molecule has 0 aliphatic heterocycles. The molecule has 1 aromatic carbocycles. The predicted octanol–water partition coefficient (Wildman–Crippen LogP) is 2.64. The van der Waals surface area contributed by atoms with Gasteiger partial charge in [0.05, 0.1) is 4.92 Å². The monoisotopic (exact) mass is 316 g/mol. The van der Waals surface area contributed by atoms with Crippen molar-refractivity contribution in [1.29, 1.82) is 0 Å². The Morgan fingerprint density at radius 3 is 2.61 bits per heavy atom. The summed E-state index contributed by atoms with van der Waals surface area (Å²) in [4.78, 5) is 29.4. The SMILES string of the molecule is Cc1cc(NCCCC(=O)O)nc(-c2ccc([N+](=O)[O-])cc2)n1. The minimum atomic E-state index is -0.836. The molecular weight excluding hydrogens is 300 g/mol. The lowest BCUT2D eigenvalue weighted by Crippen LogP contribution is -2.07. The second-order valence-electron chi connectivity index (χ2n) is 4.95. The van der Waals surface area contributed by atoms with E-state index in [1.165, 1.54) is 12.1 Å². The van der Waals surface area contributed by atoms with Crippen LogP contribution in [0, 0.1) is 17.0 Å². The van der Waals surface area contributed by atoms with Gasteiger partial charge in [0.2, 0.25) is 0 Å². The number of rotatable bonds is 7. The van der Waals surface area contributed by atoms with Crippen LogP contribution in [0.5, 0.6) is 0 Å². The molecule has 1 aromatic heterocycles. The molecule has 1 heterocycles. The molecule has 8 nitrogen and oxygen atoms in total. The van der Waals surface area contributed by atoms with E-state index in [1.807, 2.05) is 6.92 Å². The van der Waals surface area contributed by atoms with Gasteiger partial charge in [-0.15, -0.1) is 0 Å². The van der Waals surface area contributed by atoms with E-state index in [1.54, 1.807) is 18.2 Å². The summed E-state index contributed by atoms with van der Waals surface area (Å²) in [5, 5.41) is 22.3. The fourth-order valence-electron chi connectivity index (χ4n) is 1.98. The number of aliphatic carboxylic acids is 1. The first-order valence-electron chi connectivity index (χ1n) is 7.02. The van der Waals surface area contributed by atoms with E-state index < -0.39 is 10.9 Å². The second-order valence-corrected chi connectivity index (χ2v) is 4.95. The number of aryl methyl sites for hydroxylation is 1. The molecule has 0 spiro atoms. The molecule has 0 aliphatic rings. The van der Waals surface area contributed by atoms with Gasteiger partial charge in [0.25, 0.3) is 5.69 Å². The highest BCUT2D eigenvalue weighted by Crippen LogP contribution is 2.21. The van der Waals surface area contributed by atoms with Gasteiger partial charge in [-0.3, -0.25) is 14.9 Å². The number of nitrogens with one attached hydrogen (secondary N) is 1. The van der Waals surface area contributed by atoms with Crippen LogP contribution in [-0.2, 0) is 4.79 Å². The number of non-ortho nitro benzene ring substituents is 1. The van der Waals surface area contributed by atoms with Crippen molar-refractivity contribution in [2.75, 3.05) is 11.9 Å². The second kappa shape index (κ2) is 7.30. The molecule has 0 atom stereocenters. The van der Waals surface area contributed by atoms with Crippen LogP contribution in [-0.4, -0.2) is 32.5 Å². The maximum absolute atomic E-state index is 10.7. The molecule has 2 aromatic rings. The van der Waals surface area contributed by atoms with Gasteiger partial charge >= 0.3 is 5.97 Å². The number of carboxylic acids is 1. The maximum atomic E-state index is 10.7. The Morgan fingerprint density at radius 2 is 2.00 bits per heavy atom. The molecule has 2 N–H and O–H groups in total. The van der Waals surface area contributed by atoms with E-state index >= 15 is 0 Å². The van der Waals surface area contributed by atoms with Crippen LogP contribution < -0.4 is 5.32 Å². The Labute approximate surface area is 132 Å². The molecule has 0 radical (unpaired) electrons. The number of nitro groups is 1. The molecule has 2 rings (SSSR count). The molecule has 0 amide bonds. The van der Waals surface area contributed by atoms with Gasteiger partial charge < -0.3 is 10.4 Å². The van der Waals surface area contributed by atoms with Crippen molar-refractivity contribution in [3.8, 4) is 11.4 Å². The number of anilines is 1. The molecule has 0 bridgehead atoms. The molecule has 0 aliphatic carbocycles. The average molecular weight is 316 g/mol. The highest BCUT2D eigenvalue weighted by molar-refractivity contribution is 5.66. The largest absolute Gasteiger partial charge is 0.481 e. The molecule has 8 heteroatoms. The van der Waals surface area contributed by atoms with Crippen molar-refractivity contribution >= 4 is 17.5 Å². The standard InChI is InChI=1S/C15H16N4O4/c1-10-9-13(16-8-2-3-14(20)21)18-15(17-10)11-4-6-12(7-5-11)19(22)23/h4-7,9H,2-3,8H2,1H3,(H,20,21)(H,16,17,18). The number of carbonyl (C=O) groups is 1. The van der Waals surface area contributed by atoms with E-state index in [0.29, 0.717) is 30.2 Å². The van der Waals surface area contributed by atoms with Crippen LogP contribution >= 0.6 is 0 Å². The normalized spacial score (nSPS) is 10.3. The molecule has 0 saturated carbocycles. The van der Waals surface area contributed by atoms with Gasteiger partial charge in [-0.25, -0.2) is 9.97 Å². The smallest absolute Gasteiger partial charge is 0.303 e. The topological polar surface area (TPSA) is 118 Å². The molecule has 120 valence electrons. The first-order chi connectivity index (χ1) is 11.0. The lowest BCUT2D eigenvalue weighted by atomic mass is 10.2. The number of nitrogens with zero attached hydrogens (tertiary/aromatic N) is 3. The van der Waals surface area contributed by atoms with Gasteiger partial charge in [-0.2, -0.15) is 0 Å². The van der Waals surface area contributed by atoms with Crippen molar-refractivity contribution in [3.63, 3.8) is 0 Å². The lowest BCUT2D eigenvalue weighted by molar-refractivity contribution is -0.384. The minimum absolute atomic E-state index is 0.00780.